The van der Waals surface area contributed by atoms with E-state index >= 15 is 0 Å². The number of hydrogen-bond acceptors (Lipinski definition) is 2. The van der Waals surface area contributed by atoms with Crippen LogP contribution in [-0.2, 0) is 0 Å². The van der Waals surface area contributed by atoms with Gasteiger partial charge in [0.15, 0.2) is 0 Å². The maximum atomic E-state index is 12.8. The lowest BCUT2D eigenvalue weighted by molar-refractivity contribution is 0.0593. The minimum Gasteiger partial charge on any atom is -0.340 e. The smallest absolute Gasteiger partial charge is 0.270 e. The summed E-state index contributed by atoms with van der Waals surface area (Å²) in [5, 5.41) is 0. The predicted molar refractivity (Wildman–Crippen MR) is 75.0 cm³/mol. The minimum atomic E-state index is 0.204. The molecule has 0 bridgehead atoms. The maximum Gasteiger partial charge on any atom is 0.270 e. The molecule has 1 aliphatic heterocycles. The summed E-state index contributed by atoms with van der Waals surface area (Å²) in [4.78, 5) is 14.8. The Hall–Kier alpha value is -1.29. The average molecular weight is 261 g/mol. The van der Waals surface area contributed by atoms with Crippen molar-refractivity contribution in [2.75, 3.05) is 13.1 Å². The first-order valence-electron chi connectivity index (χ1n) is 7.49. The molecule has 0 radical (unpaired) electrons. The van der Waals surface area contributed by atoms with E-state index in [1.807, 2.05) is 18.3 Å². The van der Waals surface area contributed by atoms with Crippen molar-refractivity contribution in [2.45, 2.75) is 50.6 Å². The second kappa shape index (κ2) is 5.37. The van der Waals surface area contributed by atoms with Gasteiger partial charge in [0.05, 0.1) is 0 Å². The highest BCUT2D eigenvalue weighted by molar-refractivity contribution is 5.93. The number of amides is 1. The fourth-order valence-electron chi connectivity index (χ4n) is 3.15. The second-order valence-corrected chi connectivity index (χ2v) is 5.76. The van der Waals surface area contributed by atoms with E-state index in [2.05, 4.69) is 9.47 Å². The van der Waals surface area contributed by atoms with Crippen molar-refractivity contribution in [3.05, 3.63) is 24.0 Å². The summed E-state index contributed by atoms with van der Waals surface area (Å²) in [6.07, 6.45) is 8.84. The predicted octanol–water partition coefficient (Wildman–Crippen LogP) is 2.17. The number of hydrogen-bond donors (Lipinski definition) is 1. The third-order valence-corrected chi connectivity index (χ3v) is 4.33. The van der Waals surface area contributed by atoms with Gasteiger partial charge in [0.1, 0.15) is 5.69 Å². The highest BCUT2D eigenvalue weighted by Crippen LogP contribution is 2.36. The van der Waals surface area contributed by atoms with Gasteiger partial charge in [0, 0.05) is 24.8 Å². The van der Waals surface area contributed by atoms with E-state index in [9.17, 15) is 4.79 Å². The van der Waals surface area contributed by atoms with Crippen LogP contribution >= 0.6 is 0 Å². The van der Waals surface area contributed by atoms with E-state index in [1.54, 1.807) is 0 Å². The number of aromatic nitrogens is 1. The monoisotopic (exact) mass is 261 g/mol. The molecule has 2 heterocycles. The Balaban J connectivity index is 1.78. The van der Waals surface area contributed by atoms with Crippen LogP contribution in [0.15, 0.2) is 18.3 Å². The first kappa shape index (κ1) is 12.7. The molecule has 4 heteroatoms. The molecular formula is C15H23N3O. The van der Waals surface area contributed by atoms with E-state index in [-0.39, 0.29) is 5.91 Å². The van der Waals surface area contributed by atoms with Gasteiger partial charge in [-0.2, -0.15) is 0 Å². The number of carbonyl (C=O) groups is 1. The molecule has 2 fully saturated rings. The van der Waals surface area contributed by atoms with Gasteiger partial charge in [-0.25, -0.2) is 0 Å². The number of nitrogens with two attached hydrogens (primary N) is 1. The highest BCUT2D eigenvalue weighted by atomic mass is 16.2. The maximum absolute atomic E-state index is 12.8. The molecule has 104 valence electrons. The summed E-state index contributed by atoms with van der Waals surface area (Å²) in [6, 6.07) is 4.86. The molecule has 1 aliphatic carbocycles. The van der Waals surface area contributed by atoms with Crippen LogP contribution in [0.5, 0.6) is 0 Å². The second-order valence-electron chi connectivity index (χ2n) is 5.76. The topological polar surface area (TPSA) is 51.3 Å². The van der Waals surface area contributed by atoms with Crippen LogP contribution in [-0.4, -0.2) is 34.5 Å². The van der Waals surface area contributed by atoms with Crippen molar-refractivity contribution < 1.29 is 4.79 Å². The van der Waals surface area contributed by atoms with Crippen LogP contribution in [0.3, 0.4) is 0 Å². The Morgan fingerprint density at radius 3 is 2.89 bits per heavy atom. The number of nitrogens with zero attached hydrogens (tertiary/aromatic N) is 2. The van der Waals surface area contributed by atoms with E-state index in [0.717, 1.165) is 31.5 Å². The lowest BCUT2D eigenvalue weighted by Gasteiger charge is -2.36. The van der Waals surface area contributed by atoms with Crippen LogP contribution < -0.4 is 5.73 Å². The van der Waals surface area contributed by atoms with Gasteiger partial charge in [-0.3, -0.25) is 4.79 Å². The van der Waals surface area contributed by atoms with Gasteiger partial charge in [0.2, 0.25) is 0 Å². The molecule has 1 saturated heterocycles. The van der Waals surface area contributed by atoms with Gasteiger partial charge in [-0.1, -0.05) is 0 Å². The van der Waals surface area contributed by atoms with Crippen LogP contribution in [0, 0.1) is 0 Å². The molecule has 3 rings (SSSR count). The van der Waals surface area contributed by atoms with Crippen molar-refractivity contribution in [1.82, 2.24) is 9.47 Å². The molecule has 0 spiro atoms. The molecule has 1 aromatic rings. The first-order chi connectivity index (χ1) is 9.31. The number of piperidine rings is 1. The summed E-state index contributed by atoms with van der Waals surface area (Å²) >= 11 is 0. The van der Waals surface area contributed by atoms with Gasteiger partial charge >= 0.3 is 0 Å². The van der Waals surface area contributed by atoms with E-state index in [0.29, 0.717) is 18.6 Å². The molecule has 19 heavy (non-hydrogen) atoms. The van der Waals surface area contributed by atoms with Crippen molar-refractivity contribution in [2.24, 2.45) is 5.73 Å². The lowest BCUT2D eigenvalue weighted by atomic mass is 9.99. The highest BCUT2D eigenvalue weighted by Gasteiger charge is 2.31. The van der Waals surface area contributed by atoms with Crippen molar-refractivity contribution in [3.8, 4) is 0 Å². The van der Waals surface area contributed by atoms with Crippen molar-refractivity contribution >= 4 is 5.91 Å². The summed E-state index contributed by atoms with van der Waals surface area (Å²) in [5.41, 5.74) is 6.55. The fraction of sp³-hybridized carbons (Fsp3) is 0.667. The molecular weight excluding hydrogens is 238 g/mol. The lowest BCUT2D eigenvalue weighted by Crippen LogP contribution is -2.45. The van der Waals surface area contributed by atoms with Gasteiger partial charge in [-0.15, -0.1) is 0 Å². The summed E-state index contributed by atoms with van der Waals surface area (Å²) in [5.74, 6) is 0.204. The number of carbonyl (C=O) groups excluding carboxylic acids is 1. The molecule has 2 aliphatic rings. The quantitative estimate of drug-likeness (QED) is 0.903. The fourth-order valence-corrected chi connectivity index (χ4v) is 3.15. The van der Waals surface area contributed by atoms with Gasteiger partial charge in [0.25, 0.3) is 5.91 Å². The van der Waals surface area contributed by atoms with Gasteiger partial charge < -0.3 is 15.2 Å². The van der Waals surface area contributed by atoms with E-state index in [1.165, 1.54) is 19.3 Å². The van der Waals surface area contributed by atoms with Crippen LogP contribution in [0.25, 0.3) is 0 Å². The summed E-state index contributed by atoms with van der Waals surface area (Å²) < 4.78 is 2.16. The molecule has 1 amide bonds. The third kappa shape index (κ3) is 2.54. The zero-order valence-corrected chi connectivity index (χ0v) is 11.4. The summed E-state index contributed by atoms with van der Waals surface area (Å²) in [6.45, 7) is 1.55. The van der Waals surface area contributed by atoms with Crippen LogP contribution in [0.4, 0.5) is 0 Å². The Kier molecular flexibility index (Phi) is 3.60. The van der Waals surface area contributed by atoms with E-state index in [4.69, 9.17) is 5.73 Å². The first-order valence-corrected chi connectivity index (χ1v) is 7.49. The Bertz CT molecular complexity index is 448. The molecule has 1 atom stereocenters. The van der Waals surface area contributed by atoms with Crippen molar-refractivity contribution in [3.63, 3.8) is 0 Å². The van der Waals surface area contributed by atoms with Crippen molar-refractivity contribution in [1.29, 1.82) is 0 Å². The van der Waals surface area contributed by atoms with Crippen LogP contribution in [0.1, 0.15) is 55.1 Å². The SMILES string of the molecule is NCCC1CCCCN1C(=O)c1cccn1C1CC1. The van der Waals surface area contributed by atoms with Crippen LogP contribution in [0.2, 0.25) is 0 Å². The zero-order chi connectivity index (χ0) is 13.2. The standard InChI is InChI=1S/C15H23N3O/c16-9-8-12-4-1-2-10-18(12)15(19)14-5-3-11-17(14)13-6-7-13/h3,5,11-13H,1-2,4,6-10,16H2. The Morgan fingerprint density at radius 2 is 2.16 bits per heavy atom. The molecule has 1 saturated carbocycles. The van der Waals surface area contributed by atoms with E-state index < -0.39 is 0 Å². The summed E-state index contributed by atoms with van der Waals surface area (Å²) in [7, 11) is 0. The zero-order valence-electron chi connectivity index (χ0n) is 11.4. The Labute approximate surface area is 114 Å². The molecule has 1 unspecified atom stereocenters. The normalized spacial score (nSPS) is 23.6. The van der Waals surface area contributed by atoms with Gasteiger partial charge in [-0.05, 0) is 57.2 Å². The molecule has 4 nitrogen and oxygen atoms in total. The molecule has 0 aromatic carbocycles. The Morgan fingerprint density at radius 1 is 1.32 bits per heavy atom. The third-order valence-electron chi connectivity index (χ3n) is 4.33. The molecule has 1 aromatic heterocycles. The number of rotatable bonds is 4. The number of likely N-dealkylation sites (tertiary alicyclic amines) is 1. The largest absolute Gasteiger partial charge is 0.340 e. The minimum absolute atomic E-state index is 0.204. The molecule has 2 N–H and O–H groups in total. The average Bonchev–Trinajstić information content (AvgIpc) is 3.16.